The molecule has 0 aliphatic carbocycles. The van der Waals surface area contributed by atoms with Crippen LogP contribution in [0, 0.1) is 13.8 Å². The fourth-order valence-electron chi connectivity index (χ4n) is 5.11. The van der Waals surface area contributed by atoms with Gasteiger partial charge in [0.1, 0.15) is 18.3 Å². The van der Waals surface area contributed by atoms with E-state index < -0.39 is 28.5 Å². The number of ether oxygens (including phenoxy) is 1. The van der Waals surface area contributed by atoms with Gasteiger partial charge < -0.3 is 15.0 Å². The number of nitrogens with zero attached hydrogens (tertiary/aromatic N) is 2. The fraction of sp³-hybridized carbons (Fsp3) is 0.278. The molecule has 0 aromatic heterocycles. The molecule has 1 N–H and O–H groups in total. The largest absolute Gasteiger partial charge is 0.497 e. The Kier molecular flexibility index (Phi) is 11.4. The van der Waals surface area contributed by atoms with Crippen LogP contribution in [0.25, 0.3) is 0 Å². The van der Waals surface area contributed by atoms with Crippen molar-refractivity contribution >= 4 is 27.5 Å². The molecule has 8 nitrogen and oxygen atoms in total. The predicted octanol–water partition coefficient (Wildman–Crippen LogP) is 5.67. The minimum absolute atomic E-state index is 0.0686. The Morgan fingerprint density at radius 3 is 2.18 bits per heavy atom. The van der Waals surface area contributed by atoms with Gasteiger partial charge in [0.15, 0.2) is 0 Å². The van der Waals surface area contributed by atoms with Gasteiger partial charge in [-0.15, -0.1) is 0 Å². The highest BCUT2D eigenvalue weighted by Gasteiger charge is 2.35. The highest BCUT2D eigenvalue weighted by atomic mass is 32.2. The Morgan fingerprint density at radius 2 is 1.51 bits per heavy atom. The molecule has 2 amide bonds. The topological polar surface area (TPSA) is 96.0 Å². The number of carbonyl (C=O) groups excluding carboxylic acids is 2. The number of sulfonamides is 1. The van der Waals surface area contributed by atoms with Gasteiger partial charge in [-0.25, -0.2) is 8.42 Å². The number of nitrogens with one attached hydrogen (secondary N) is 1. The number of hydrogen-bond donors (Lipinski definition) is 1. The van der Waals surface area contributed by atoms with Crippen LogP contribution in [0.5, 0.6) is 5.75 Å². The second-order valence-electron chi connectivity index (χ2n) is 11.0. The van der Waals surface area contributed by atoms with E-state index >= 15 is 0 Å². The third kappa shape index (κ3) is 8.51. The average Bonchev–Trinajstić information content (AvgIpc) is 3.06. The SMILES string of the molecule is CCCNC(=O)[C@@H](Cc1ccccc1)N(Cc1cccc(OC)c1)C(=O)CN(c1cc(C)ccc1C)S(=O)(=O)c1ccccc1. The summed E-state index contributed by atoms with van der Waals surface area (Å²) in [5.74, 6) is -0.203. The zero-order valence-corrected chi connectivity index (χ0v) is 27.1. The Bertz CT molecular complexity index is 1690. The van der Waals surface area contributed by atoms with E-state index in [-0.39, 0.29) is 23.8 Å². The molecule has 0 radical (unpaired) electrons. The lowest BCUT2D eigenvalue weighted by molar-refractivity contribution is -0.140. The zero-order chi connectivity index (χ0) is 32.4. The van der Waals surface area contributed by atoms with Crippen LogP contribution < -0.4 is 14.4 Å². The molecule has 0 heterocycles. The number of methoxy groups -OCH3 is 1. The maximum absolute atomic E-state index is 14.6. The highest BCUT2D eigenvalue weighted by molar-refractivity contribution is 7.92. The van der Waals surface area contributed by atoms with Crippen LogP contribution in [0.15, 0.2) is 108 Å². The van der Waals surface area contributed by atoms with Crippen LogP contribution >= 0.6 is 0 Å². The monoisotopic (exact) mass is 627 g/mol. The van der Waals surface area contributed by atoms with Crippen molar-refractivity contribution in [3.8, 4) is 5.75 Å². The van der Waals surface area contributed by atoms with Crippen LogP contribution in [0.2, 0.25) is 0 Å². The first kappa shape index (κ1) is 33.3. The molecule has 0 aliphatic heterocycles. The summed E-state index contributed by atoms with van der Waals surface area (Å²) >= 11 is 0. The molecule has 45 heavy (non-hydrogen) atoms. The Labute approximate surface area is 266 Å². The molecule has 0 aliphatic rings. The molecule has 0 saturated heterocycles. The van der Waals surface area contributed by atoms with Crippen molar-refractivity contribution < 1.29 is 22.7 Å². The maximum atomic E-state index is 14.6. The van der Waals surface area contributed by atoms with Gasteiger partial charge in [0, 0.05) is 19.5 Å². The summed E-state index contributed by atoms with van der Waals surface area (Å²) in [7, 11) is -2.59. The third-order valence-corrected chi connectivity index (χ3v) is 9.32. The van der Waals surface area contributed by atoms with Crippen molar-refractivity contribution in [2.45, 2.75) is 51.1 Å². The maximum Gasteiger partial charge on any atom is 0.264 e. The van der Waals surface area contributed by atoms with Crippen molar-refractivity contribution in [1.82, 2.24) is 10.2 Å². The summed E-state index contributed by atoms with van der Waals surface area (Å²) in [4.78, 5) is 29.9. The van der Waals surface area contributed by atoms with E-state index in [0.29, 0.717) is 23.5 Å². The Hall–Kier alpha value is -4.63. The number of aryl methyl sites for hydroxylation is 2. The smallest absolute Gasteiger partial charge is 0.264 e. The second kappa shape index (κ2) is 15.4. The van der Waals surface area contributed by atoms with Gasteiger partial charge in [0.25, 0.3) is 10.0 Å². The lowest BCUT2D eigenvalue weighted by Crippen LogP contribution is -2.53. The average molecular weight is 628 g/mol. The lowest BCUT2D eigenvalue weighted by atomic mass is 10.0. The van der Waals surface area contributed by atoms with Crippen LogP contribution in [0.3, 0.4) is 0 Å². The summed E-state index contributed by atoms with van der Waals surface area (Å²) in [6.07, 6.45) is 0.977. The van der Waals surface area contributed by atoms with Gasteiger partial charge in [0.2, 0.25) is 11.8 Å². The molecule has 0 bridgehead atoms. The quantitative estimate of drug-likeness (QED) is 0.194. The van der Waals surface area contributed by atoms with E-state index in [1.807, 2.05) is 81.4 Å². The van der Waals surface area contributed by atoms with E-state index in [0.717, 1.165) is 27.4 Å². The van der Waals surface area contributed by atoms with Gasteiger partial charge in [0.05, 0.1) is 17.7 Å². The molecule has 0 unspecified atom stereocenters. The summed E-state index contributed by atoms with van der Waals surface area (Å²) in [6.45, 7) is 5.67. The molecule has 4 rings (SSSR count). The second-order valence-corrected chi connectivity index (χ2v) is 12.8. The van der Waals surface area contributed by atoms with Crippen molar-refractivity contribution in [3.05, 3.63) is 125 Å². The summed E-state index contributed by atoms with van der Waals surface area (Å²) in [6, 6.07) is 29.5. The molecule has 236 valence electrons. The fourth-order valence-corrected chi connectivity index (χ4v) is 6.60. The first-order valence-electron chi connectivity index (χ1n) is 15.0. The van der Waals surface area contributed by atoms with E-state index in [1.54, 1.807) is 37.4 Å². The minimum Gasteiger partial charge on any atom is -0.497 e. The lowest BCUT2D eigenvalue weighted by Gasteiger charge is -2.34. The third-order valence-electron chi connectivity index (χ3n) is 7.55. The number of benzene rings is 4. The van der Waals surface area contributed by atoms with Crippen LogP contribution in [0.1, 0.15) is 35.6 Å². The van der Waals surface area contributed by atoms with Gasteiger partial charge in [-0.2, -0.15) is 0 Å². The number of carbonyl (C=O) groups is 2. The first-order chi connectivity index (χ1) is 21.6. The number of hydrogen-bond acceptors (Lipinski definition) is 5. The van der Waals surface area contributed by atoms with E-state index in [4.69, 9.17) is 4.74 Å². The predicted molar refractivity (Wildman–Crippen MR) is 178 cm³/mol. The molecule has 0 fully saturated rings. The Balaban J connectivity index is 1.83. The van der Waals surface area contributed by atoms with Gasteiger partial charge in [-0.1, -0.05) is 79.7 Å². The van der Waals surface area contributed by atoms with E-state index in [9.17, 15) is 18.0 Å². The molecule has 9 heteroatoms. The molecule has 4 aromatic rings. The Morgan fingerprint density at radius 1 is 0.844 bits per heavy atom. The van der Waals surface area contributed by atoms with E-state index in [2.05, 4.69) is 5.32 Å². The first-order valence-corrected chi connectivity index (χ1v) is 16.5. The van der Waals surface area contributed by atoms with E-state index in [1.165, 1.54) is 17.0 Å². The van der Waals surface area contributed by atoms with Crippen LogP contribution in [0.4, 0.5) is 5.69 Å². The van der Waals surface area contributed by atoms with Gasteiger partial charge in [-0.3, -0.25) is 13.9 Å². The number of anilines is 1. The normalized spacial score (nSPS) is 11.8. The molecule has 0 spiro atoms. The molecular formula is C36H41N3O5S. The van der Waals surface area contributed by atoms with Gasteiger partial charge >= 0.3 is 0 Å². The van der Waals surface area contributed by atoms with Gasteiger partial charge in [-0.05, 0) is 72.9 Å². The van der Waals surface area contributed by atoms with Crippen molar-refractivity contribution in [1.29, 1.82) is 0 Å². The molecule has 1 atom stereocenters. The zero-order valence-electron chi connectivity index (χ0n) is 26.3. The van der Waals surface area contributed by atoms with Crippen LogP contribution in [-0.2, 0) is 32.6 Å². The molecule has 4 aromatic carbocycles. The van der Waals surface area contributed by atoms with Crippen molar-refractivity contribution in [2.24, 2.45) is 0 Å². The standard InChI is InChI=1S/C36H41N3O5S/c1-5-21-37-36(41)34(24-29-13-8-6-9-14-29)38(25-30-15-12-16-31(23-30)44-4)35(40)26-39(33-22-27(2)19-20-28(33)3)45(42,43)32-17-10-7-11-18-32/h6-20,22-23,34H,5,21,24-26H2,1-4H3,(H,37,41)/t34-/m1/s1. The van der Waals surface area contributed by atoms with Crippen molar-refractivity contribution in [2.75, 3.05) is 24.5 Å². The van der Waals surface area contributed by atoms with Crippen molar-refractivity contribution in [3.63, 3.8) is 0 Å². The molecule has 0 saturated carbocycles. The summed E-state index contributed by atoms with van der Waals surface area (Å²) in [5, 5.41) is 2.96. The summed E-state index contributed by atoms with van der Waals surface area (Å²) < 4.78 is 35.0. The molecular weight excluding hydrogens is 586 g/mol. The minimum atomic E-state index is -4.16. The summed E-state index contributed by atoms with van der Waals surface area (Å²) in [5.41, 5.74) is 3.58. The number of rotatable bonds is 14. The van der Waals surface area contributed by atoms with Crippen LogP contribution in [-0.4, -0.2) is 51.4 Å². The number of amides is 2. The highest BCUT2D eigenvalue weighted by Crippen LogP contribution is 2.29.